The predicted molar refractivity (Wildman–Crippen MR) is 111 cm³/mol. The fourth-order valence-corrected chi connectivity index (χ4v) is 3.35. The first-order chi connectivity index (χ1) is 15.2. The van der Waals surface area contributed by atoms with Gasteiger partial charge in [0.25, 0.3) is 6.01 Å². The highest BCUT2D eigenvalue weighted by Gasteiger charge is 2.32. The Kier molecular flexibility index (Phi) is 5.44. The number of anilines is 1. The molecule has 4 rings (SSSR count). The van der Waals surface area contributed by atoms with Crippen LogP contribution in [0.25, 0.3) is 22.5 Å². The second-order valence-electron chi connectivity index (χ2n) is 6.92. The summed E-state index contributed by atoms with van der Waals surface area (Å²) in [5.74, 6) is 0. The molecule has 3 aromatic heterocycles. The van der Waals surface area contributed by atoms with Crippen LogP contribution in [0.15, 0.2) is 47.3 Å². The van der Waals surface area contributed by atoms with Crippen molar-refractivity contribution in [3.63, 3.8) is 0 Å². The molecule has 0 bridgehead atoms. The van der Waals surface area contributed by atoms with E-state index in [0.29, 0.717) is 22.6 Å². The van der Waals surface area contributed by atoms with E-state index in [-0.39, 0.29) is 22.1 Å². The summed E-state index contributed by atoms with van der Waals surface area (Å²) in [6.45, 7) is 1.81. The van der Waals surface area contributed by atoms with Crippen LogP contribution in [0.4, 0.5) is 19.2 Å². The van der Waals surface area contributed by atoms with Crippen LogP contribution in [0.1, 0.15) is 29.8 Å². The van der Waals surface area contributed by atoms with Crippen molar-refractivity contribution in [1.29, 1.82) is 5.26 Å². The van der Waals surface area contributed by atoms with Crippen molar-refractivity contribution >= 4 is 28.7 Å². The Hall–Kier alpha value is -3.71. The Morgan fingerprint density at radius 2 is 1.91 bits per heavy atom. The minimum absolute atomic E-state index is 0.00740. The van der Waals surface area contributed by atoms with Crippen molar-refractivity contribution in [1.82, 2.24) is 19.9 Å². The average molecular weight is 459 g/mol. The highest BCUT2D eigenvalue weighted by molar-refractivity contribution is 6.34. The number of alkyl halides is 3. The summed E-state index contributed by atoms with van der Waals surface area (Å²) < 4.78 is 45.0. The molecule has 0 saturated carbocycles. The van der Waals surface area contributed by atoms with Gasteiger partial charge in [-0.3, -0.25) is 15.0 Å². The van der Waals surface area contributed by atoms with E-state index in [9.17, 15) is 13.2 Å². The largest absolute Gasteiger partial charge is 0.422 e. The molecule has 162 valence electrons. The third kappa shape index (κ3) is 3.94. The summed E-state index contributed by atoms with van der Waals surface area (Å²) in [5.41, 5.74) is 1.10. The van der Waals surface area contributed by atoms with Gasteiger partial charge in [0.05, 0.1) is 33.6 Å². The van der Waals surface area contributed by atoms with Crippen LogP contribution >= 0.6 is 11.6 Å². The molecule has 0 amide bonds. The van der Waals surface area contributed by atoms with Gasteiger partial charge in [0.2, 0.25) is 0 Å². The Balaban J connectivity index is 1.71. The molecule has 0 fully saturated rings. The van der Waals surface area contributed by atoms with E-state index in [4.69, 9.17) is 21.3 Å². The smallest absolute Gasteiger partial charge is 0.416 e. The molecule has 7 nitrogen and oxygen atoms in total. The number of hydrogen-bond donors (Lipinski definition) is 0. The zero-order valence-electron chi connectivity index (χ0n) is 16.7. The zero-order chi connectivity index (χ0) is 23.0. The molecule has 1 aromatic carbocycles. The number of aromatic nitrogens is 4. The minimum atomic E-state index is -4.56. The second kappa shape index (κ2) is 8.09. The number of fused-ring (bicyclic) bond motifs is 1. The third-order valence-electron chi connectivity index (χ3n) is 4.90. The lowest BCUT2D eigenvalue weighted by Gasteiger charge is -2.23. The Morgan fingerprint density at radius 1 is 1.16 bits per heavy atom. The first-order valence-corrected chi connectivity index (χ1v) is 9.64. The maximum absolute atomic E-state index is 13.1. The van der Waals surface area contributed by atoms with E-state index in [0.717, 1.165) is 12.1 Å². The third-order valence-corrected chi connectivity index (χ3v) is 5.18. The molecule has 3 heterocycles. The SMILES string of the molecule is CC(c1nccnc1-c1ccc(C#N)cn1)N(C)c1nc2cc(C(F)(F)F)cc(Cl)c2o1. The number of hydrogen-bond acceptors (Lipinski definition) is 7. The topological polar surface area (TPSA) is 91.7 Å². The van der Waals surface area contributed by atoms with Crippen LogP contribution in [0.5, 0.6) is 0 Å². The van der Waals surface area contributed by atoms with E-state index < -0.39 is 17.8 Å². The van der Waals surface area contributed by atoms with Gasteiger partial charge in [0.1, 0.15) is 17.3 Å². The quantitative estimate of drug-likeness (QED) is 0.403. The van der Waals surface area contributed by atoms with Crippen molar-refractivity contribution < 1.29 is 17.6 Å². The van der Waals surface area contributed by atoms with Crippen molar-refractivity contribution in [2.75, 3.05) is 11.9 Å². The number of rotatable bonds is 4. The fourth-order valence-electron chi connectivity index (χ4n) is 3.10. The molecule has 0 saturated heterocycles. The van der Waals surface area contributed by atoms with Gasteiger partial charge in [-0.25, -0.2) is 0 Å². The van der Waals surface area contributed by atoms with E-state index >= 15 is 0 Å². The lowest BCUT2D eigenvalue weighted by Crippen LogP contribution is -2.23. The highest BCUT2D eigenvalue weighted by atomic mass is 35.5. The van der Waals surface area contributed by atoms with E-state index in [1.54, 1.807) is 24.1 Å². The fraction of sp³-hybridized carbons (Fsp3) is 0.190. The van der Waals surface area contributed by atoms with Gasteiger partial charge in [-0.05, 0) is 31.2 Å². The zero-order valence-corrected chi connectivity index (χ0v) is 17.5. The van der Waals surface area contributed by atoms with Crippen LogP contribution < -0.4 is 4.90 Å². The molecule has 1 unspecified atom stereocenters. The van der Waals surface area contributed by atoms with Crippen molar-refractivity contribution in [3.05, 3.63) is 64.7 Å². The van der Waals surface area contributed by atoms with Crippen molar-refractivity contribution in [2.45, 2.75) is 19.1 Å². The predicted octanol–water partition coefficient (Wildman–Crippen LogP) is 5.42. The van der Waals surface area contributed by atoms with Gasteiger partial charge < -0.3 is 9.32 Å². The first kappa shape index (κ1) is 21.5. The number of pyridine rings is 1. The summed E-state index contributed by atoms with van der Waals surface area (Å²) in [5, 5.41) is 8.78. The molecule has 0 N–H and O–H groups in total. The molecule has 32 heavy (non-hydrogen) atoms. The summed E-state index contributed by atoms with van der Waals surface area (Å²) in [6.07, 6.45) is -0.0867. The summed E-state index contributed by atoms with van der Waals surface area (Å²) in [6, 6.07) is 6.61. The van der Waals surface area contributed by atoms with Gasteiger partial charge in [-0.2, -0.15) is 23.4 Å². The Bertz CT molecular complexity index is 1330. The molecular formula is C21H14ClF3N6O. The molecule has 0 radical (unpaired) electrons. The molecule has 0 aliphatic rings. The number of benzene rings is 1. The van der Waals surface area contributed by atoms with Crippen LogP contribution in [-0.2, 0) is 6.18 Å². The number of oxazole rings is 1. The van der Waals surface area contributed by atoms with Gasteiger partial charge in [0.15, 0.2) is 5.58 Å². The molecule has 0 spiro atoms. The van der Waals surface area contributed by atoms with Crippen LogP contribution in [0.3, 0.4) is 0 Å². The lowest BCUT2D eigenvalue weighted by molar-refractivity contribution is -0.137. The maximum Gasteiger partial charge on any atom is 0.416 e. The highest BCUT2D eigenvalue weighted by Crippen LogP contribution is 2.37. The van der Waals surface area contributed by atoms with E-state index in [2.05, 4.69) is 19.9 Å². The molecule has 4 aromatic rings. The van der Waals surface area contributed by atoms with E-state index in [1.807, 2.05) is 13.0 Å². The van der Waals surface area contributed by atoms with Crippen LogP contribution in [-0.4, -0.2) is 27.0 Å². The Labute approximate surface area is 185 Å². The molecular weight excluding hydrogens is 445 g/mol. The van der Waals surface area contributed by atoms with Gasteiger partial charge in [-0.1, -0.05) is 11.6 Å². The van der Waals surface area contributed by atoms with Gasteiger partial charge in [-0.15, -0.1) is 0 Å². The standard InChI is InChI=1S/C21H14ClF3N6O/c1-11(17-18(28-6-5-27-17)15-4-3-12(9-26)10-29-15)31(2)20-30-16-8-13(21(23,24)25)7-14(22)19(16)32-20/h3-8,10-11H,1-2H3. The van der Waals surface area contributed by atoms with Crippen LogP contribution in [0, 0.1) is 11.3 Å². The van der Waals surface area contributed by atoms with E-state index in [1.165, 1.54) is 18.6 Å². The number of nitriles is 1. The van der Waals surface area contributed by atoms with Crippen LogP contribution in [0.2, 0.25) is 5.02 Å². The number of nitrogens with zero attached hydrogens (tertiary/aromatic N) is 6. The average Bonchev–Trinajstić information content (AvgIpc) is 3.22. The molecule has 0 aliphatic carbocycles. The number of halogens is 4. The molecule has 11 heteroatoms. The lowest BCUT2D eigenvalue weighted by atomic mass is 10.1. The first-order valence-electron chi connectivity index (χ1n) is 9.26. The summed E-state index contributed by atoms with van der Waals surface area (Å²) in [4.78, 5) is 18.8. The monoisotopic (exact) mass is 458 g/mol. The summed E-state index contributed by atoms with van der Waals surface area (Å²) >= 11 is 6.01. The van der Waals surface area contributed by atoms with Gasteiger partial charge in [0, 0.05) is 25.6 Å². The normalized spacial score (nSPS) is 12.5. The van der Waals surface area contributed by atoms with Crippen molar-refractivity contribution in [2.24, 2.45) is 0 Å². The maximum atomic E-state index is 13.1. The minimum Gasteiger partial charge on any atom is -0.422 e. The second-order valence-corrected chi connectivity index (χ2v) is 7.33. The van der Waals surface area contributed by atoms with Gasteiger partial charge >= 0.3 is 6.18 Å². The molecule has 0 aliphatic heterocycles. The summed E-state index contributed by atoms with van der Waals surface area (Å²) in [7, 11) is 1.67. The molecule has 1 atom stereocenters. The Morgan fingerprint density at radius 3 is 2.56 bits per heavy atom. The van der Waals surface area contributed by atoms with Crippen molar-refractivity contribution in [3.8, 4) is 17.5 Å².